The van der Waals surface area contributed by atoms with Crippen LogP contribution in [0.5, 0.6) is 0 Å². The number of amides is 1. The van der Waals surface area contributed by atoms with Crippen molar-refractivity contribution in [3.8, 4) is 11.4 Å². The molecule has 0 bridgehead atoms. The number of pyridine rings is 1. The van der Waals surface area contributed by atoms with Gasteiger partial charge in [0.15, 0.2) is 22.1 Å². The molecule has 0 unspecified atom stereocenters. The maximum Gasteiger partial charge on any atom is 0.222 e. The molecule has 0 aliphatic carbocycles. The summed E-state index contributed by atoms with van der Waals surface area (Å²) in [6.45, 7) is 2.77. The molecule has 142 valence electrons. The third-order valence-electron chi connectivity index (χ3n) is 4.43. The monoisotopic (exact) mass is 393 g/mol. The molecule has 4 rings (SSSR count). The summed E-state index contributed by atoms with van der Waals surface area (Å²) in [6.07, 6.45) is 2.15. The molecule has 0 saturated carbocycles. The van der Waals surface area contributed by atoms with Crippen molar-refractivity contribution in [1.82, 2.24) is 34.7 Å². The molecule has 0 aliphatic heterocycles. The molecule has 1 amide bonds. The van der Waals surface area contributed by atoms with Gasteiger partial charge in [-0.05, 0) is 37.3 Å². The lowest BCUT2D eigenvalue weighted by atomic mass is 10.1. The Balaban J connectivity index is 1.41. The Labute approximate surface area is 166 Å². The Morgan fingerprint density at radius 2 is 2.11 bits per heavy atom. The summed E-state index contributed by atoms with van der Waals surface area (Å²) < 4.78 is 4.19. The third kappa shape index (κ3) is 3.70. The maximum absolute atomic E-state index is 12.3. The van der Waals surface area contributed by atoms with Gasteiger partial charge in [-0.3, -0.25) is 18.9 Å². The Hall–Kier alpha value is -3.33. The third-order valence-corrected chi connectivity index (χ3v) is 4.74. The van der Waals surface area contributed by atoms with Crippen LogP contribution in [0.2, 0.25) is 0 Å². The number of carbonyl (C=O) groups is 1. The number of hydrogen-bond acceptors (Lipinski definition) is 5. The van der Waals surface area contributed by atoms with Gasteiger partial charge in [-0.1, -0.05) is 29.8 Å². The van der Waals surface area contributed by atoms with Crippen molar-refractivity contribution in [3.63, 3.8) is 0 Å². The van der Waals surface area contributed by atoms with E-state index in [2.05, 4.69) is 25.7 Å². The Morgan fingerprint density at radius 3 is 2.96 bits per heavy atom. The predicted octanol–water partition coefficient (Wildman–Crippen LogP) is 2.67. The van der Waals surface area contributed by atoms with E-state index in [1.54, 1.807) is 0 Å². The lowest BCUT2D eigenvalue weighted by Crippen LogP contribution is -2.25. The van der Waals surface area contributed by atoms with Crippen molar-refractivity contribution in [2.75, 3.05) is 0 Å². The van der Waals surface area contributed by atoms with Gasteiger partial charge in [0.2, 0.25) is 5.91 Å². The number of carbonyl (C=O) groups excluding carboxylic acids is 1. The Morgan fingerprint density at radius 1 is 1.21 bits per heavy atom. The molecule has 0 spiro atoms. The molecule has 4 aromatic rings. The first kappa shape index (κ1) is 18.1. The first-order valence-corrected chi connectivity index (χ1v) is 9.30. The van der Waals surface area contributed by atoms with Crippen molar-refractivity contribution in [1.29, 1.82) is 0 Å². The van der Waals surface area contributed by atoms with Gasteiger partial charge in [-0.15, -0.1) is 10.2 Å². The van der Waals surface area contributed by atoms with E-state index in [0.717, 1.165) is 22.6 Å². The fourth-order valence-corrected chi connectivity index (χ4v) is 3.24. The summed E-state index contributed by atoms with van der Waals surface area (Å²) in [5, 5.41) is 18.2. The molecule has 0 atom stereocenters. The smallest absolute Gasteiger partial charge is 0.222 e. The summed E-state index contributed by atoms with van der Waals surface area (Å²) in [4.78, 5) is 12.3. The van der Waals surface area contributed by atoms with Crippen molar-refractivity contribution in [2.45, 2.75) is 26.4 Å². The zero-order valence-electron chi connectivity index (χ0n) is 15.3. The predicted molar refractivity (Wildman–Crippen MR) is 107 cm³/mol. The summed E-state index contributed by atoms with van der Waals surface area (Å²) in [5.41, 5.74) is 2.85. The minimum Gasteiger partial charge on any atom is -0.349 e. The molecule has 1 aromatic carbocycles. The van der Waals surface area contributed by atoms with Gasteiger partial charge in [-0.2, -0.15) is 5.10 Å². The number of benzene rings is 1. The second-order valence-electron chi connectivity index (χ2n) is 6.45. The molecule has 0 saturated heterocycles. The molecular weight excluding hydrogens is 374 g/mol. The first-order valence-electron chi connectivity index (χ1n) is 8.89. The van der Waals surface area contributed by atoms with Crippen molar-refractivity contribution >= 4 is 23.8 Å². The SMILES string of the molecule is Cc1cccc(-c2n[nH]c(=S)n2CCC(=O)NCc2nnc3ccccn23)c1. The van der Waals surface area contributed by atoms with Gasteiger partial charge in [0.05, 0.1) is 6.54 Å². The number of aryl methyl sites for hydroxylation is 1. The van der Waals surface area contributed by atoms with Gasteiger partial charge in [-0.25, -0.2) is 0 Å². The largest absolute Gasteiger partial charge is 0.349 e. The zero-order chi connectivity index (χ0) is 19.5. The number of fused-ring (bicyclic) bond motifs is 1. The number of aromatic nitrogens is 6. The van der Waals surface area contributed by atoms with Crippen LogP contribution in [0.1, 0.15) is 17.8 Å². The second kappa shape index (κ2) is 7.73. The van der Waals surface area contributed by atoms with Crippen LogP contribution < -0.4 is 5.32 Å². The number of rotatable bonds is 6. The van der Waals surface area contributed by atoms with Crippen LogP contribution in [0.3, 0.4) is 0 Å². The molecular formula is C19H19N7OS. The van der Waals surface area contributed by atoms with E-state index in [0.29, 0.717) is 23.7 Å². The minimum atomic E-state index is -0.0917. The van der Waals surface area contributed by atoms with E-state index in [4.69, 9.17) is 12.2 Å². The normalized spacial score (nSPS) is 11.0. The highest BCUT2D eigenvalue weighted by molar-refractivity contribution is 7.71. The average molecular weight is 393 g/mol. The summed E-state index contributed by atoms with van der Waals surface area (Å²) in [6, 6.07) is 13.7. The summed E-state index contributed by atoms with van der Waals surface area (Å²) in [7, 11) is 0. The highest BCUT2D eigenvalue weighted by Gasteiger charge is 2.12. The van der Waals surface area contributed by atoms with Crippen LogP contribution in [0.4, 0.5) is 0 Å². The maximum atomic E-state index is 12.3. The van der Waals surface area contributed by atoms with Crippen molar-refractivity contribution in [3.05, 3.63) is 64.8 Å². The van der Waals surface area contributed by atoms with Crippen LogP contribution in [0.15, 0.2) is 48.7 Å². The number of nitrogens with zero attached hydrogens (tertiary/aromatic N) is 5. The van der Waals surface area contributed by atoms with Crippen LogP contribution in [0.25, 0.3) is 17.0 Å². The molecule has 0 fully saturated rings. The van der Waals surface area contributed by atoms with Crippen molar-refractivity contribution in [2.24, 2.45) is 0 Å². The number of H-pyrrole nitrogens is 1. The van der Waals surface area contributed by atoms with Gasteiger partial charge in [0, 0.05) is 24.7 Å². The van der Waals surface area contributed by atoms with E-state index in [1.165, 1.54) is 0 Å². The van der Waals surface area contributed by atoms with E-state index in [-0.39, 0.29) is 12.3 Å². The van der Waals surface area contributed by atoms with E-state index in [9.17, 15) is 4.79 Å². The molecule has 3 heterocycles. The molecule has 0 aliphatic rings. The topological polar surface area (TPSA) is 92.9 Å². The first-order chi connectivity index (χ1) is 13.6. The molecule has 8 nitrogen and oxygen atoms in total. The van der Waals surface area contributed by atoms with Crippen molar-refractivity contribution < 1.29 is 4.79 Å². The minimum absolute atomic E-state index is 0.0917. The Kier molecular flexibility index (Phi) is 4.98. The van der Waals surface area contributed by atoms with Crippen LogP contribution in [-0.4, -0.2) is 35.3 Å². The Bertz CT molecular complexity index is 1190. The van der Waals surface area contributed by atoms with Crippen LogP contribution in [-0.2, 0) is 17.9 Å². The van der Waals surface area contributed by atoms with Gasteiger partial charge in [0.1, 0.15) is 0 Å². The van der Waals surface area contributed by atoms with Gasteiger partial charge in [0.25, 0.3) is 0 Å². The number of nitrogens with one attached hydrogen (secondary N) is 2. The molecule has 9 heteroatoms. The average Bonchev–Trinajstić information content (AvgIpc) is 3.28. The quantitative estimate of drug-likeness (QED) is 0.491. The molecule has 2 N–H and O–H groups in total. The van der Waals surface area contributed by atoms with E-state index < -0.39 is 0 Å². The fraction of sp³-hybridized carbons (Fsp3) is 0.211. The lowest BCUT2D eigenvalue weighted by molar-refractivity contribution is -0.121. The van der Waals surface area contributed by atoms with Gasteiger partial charge < -0.3 is 5.32 Å². The zero-order valence-corrected chi connectivity index (χ0v) is 16.1. The lowest BCUT2D eigenvalue weighted by Gasteiger charge is -2.08. The number of aromatic amines is 1. The van der Waals surface area contributed by atoms with E-state index in [1.807, 2.05) is 64.6 Å². The molecule has 0 radical (unpaired) electrons. The molecule has 28 heavy (non-hydrogen) atoms. The standard InChI is InChI=1S/C19H19N7OS/c1-13-5-4-6-14(11-13)18-23-24-19(28)26(18)10-8-17(27)20-12-16-22-21-15-7-2-3-9-25(15)16/h2-7,9,11H,8,10,12H2,1H3,(H,20,27)(H,24,28). The van der Waals surface area contributed by atoms with E-state index >= 15 is 0 Å². The fourth-order valence-electron chi connectivity index (χ4n) is 3.02. The molecule has 3 aromatic heterocycles. The van der Waals surface area contributed by atoms with Gasteiger partial charge >= 0.3 is 0 Å². The summed E-state index contributed by atoms with van der Waals surface area (Å²) in [5.74, 6) is 1.32. The highest BCUT2D eigenvalue weighted by Crippen LogP contribution is 2.18. The number of hydrogen-bond donors (Lipinski definition) is 2. The highest BCUT2D eigenvalue weighted by atomic mass is 32.1. The second-order valence-corrected chi connectivity index (χ2v) is 6.83. The summed E-state index contributed by atoms with van der Waals surface area (Å²) >= 11 is 5.33. The van der Waals surface area contributed by atoms with Crippen LogP contribution in [0, 0.1) is 11.7 Å². The van der Waals surface area contributed by atoms with Crippen LogP contribution >= 0.6 is 12.2 Å².